The van der Waals surface area contributed by atoms with E-state index in [-0.39, 0.29) is 11.6 Å². The summed E-state index contributed by atoms with van der Waals surface area (Å²) >= 11 is 1.29. The maximum atomic E-state index is 13.2. The molecular weight excluding hydrogens is 277 g/mol. The lowest BCUT2D eigenvalue weighted by molar-refractivity contribution is 0.103. The lowest BCUT2D eigenvalue weighted by Gasteiger charge is -2.01. The predicted molar refractivity (Wildman–Crippen MR) is 75.5 cm³/mol. The maximum Gasteiger partial charge on any atom is 0.222 e. The van der Waals surface area contributed by atoms with E-state index in [1.807, 2.05) is 6.92 Å². The molecule has 0 fully saturated rings. The van der Waals surface area contributed by atoms with Crippen LogP contribution >= 0.6 is 11.3 Å². The van der Waals surface area contributed by atoms with Crippen LogP contribution in [-0.4, -0.2) is 20.8 Å². The lowest BCUT2D eigenvalue weighted by atomic mass is 10.2. The molecule has 3 rings (SSSR count). The molecule has 6 heteroatoms. The molecule has 3 aromatic rings. The summed E-state index contributed by atoms with van der Waals surface area (Å²) in [7, 11) is 0. The molecule has 102 valence electrons. The highest BCUT2D eigenvalue weighted by Crippen LogP contribution is 2.28. The van der Waals surface area contributed by atoms with Crippen LogP contribution in [0.1, 0.15) is 28.7 Å². The summed E-state index contributed by atoms with van der Waals surface area (Å²) in [5.41, 5.74) is 0.471. The number of halogens is 1. The molecule has 2 aromatic heterocycles. The standard InChI is InChI=1S/C14H12FN3OS/c1-2-5-18-11(8-16-17-18)14(19)13-6-9-3-4-10(15)7-12(9)20-13/h3-4,6-8H,2,5H2,1H3. The van der Waals surface area contributed by atoms with Gasteiger partial charge in [0.15, 0.2) is 0 Å². The number of aryl methyl sites for hydroxylation is 1. The number of nitrogens with zero attached hydrogens (tertiary/aromatic N) is 3. The molecule has 0 spiro atoms. The Kier molecular flexibility index (Phi) is 3.31. The van der Waals surface area contributed by atoms with Crippen LogP contribution in [0.15, 0.2) is 30.5 Å². The van der Waals surface area contributed by atoms with Crippen molar-refractivity contribution in [3.05, 3.63) is 46.9 Å². The van der Waals surface area contributed by atoms with Gasteiger partial charge in [-0.3, -0.25) is 4.79 Å². The normalized spacial score (nSPS) is 11.1. The van der Waals surface area contributed by atoms with E-state index in [2.05, 4.69) is 10.3 Å². The Labute approximate surface area is 118 Å². The number of aromatic nitrogens is 3. The number of thiophene rings is 1. The van der Waals surface area contributed by atoms with E-state index in [9.17, 15) is 9.18 Å². The molecule has 0 amide bonds. The minimum Gasteiger partial charge on any atom is -0.286 e. The quantitative estimate of drug-likeness (QED) is 0.693. The van der Waals surface area contributed by atoms with Crippen LogP contribution in [0.5, 0.6) is 0 Å². The van der Waals surface area contributed by atoms with Crippen molar-refractivity contribution in [2.45, 2.75) is 19.9 Å². The van der Waals surface area contributed by atoms with Gasteiger partial charge in [0.1, 0.15) is 11.5 Å². The zero-order valence-electron chi connectivity index (χ0n) is 10.8. The Morgan fingerprint density at radius 2 is 2.25 bits per heavy atom. The monoisotopic (exact) mass is 289 g/mol. The van der Waals surface area contributed by atoms with Crippen LogP contribution in [0.3, 0.4) is 0 Å². The molecule has 0 unspecified atom stereocenters. The summed E-state index contributed by atoms with van der Waals surface area (Å²) < 4.78 is 15.6. The Hall–Kier alpha value is -2.08. The van der Waals surface area contributed by atoms with Gasteiger partial charge in [-0.15, -0.1) is 16.4 Å². The van der Waals surface area contributed by atoms with Gasteiger partial charge in [0, 0.05) is 11.2 Å². The maximum absolute atomic E-state index is 13.2. The average Bonchev–Trinajstić information content (AvgIpc) is 3.04. The van der Waals surface area contributed by atoms with Crippen LogP contribution in [0, 0.1) is 5.82 Å². The zero-order chi connectivity index (χ0) is 14.1. The van der Waals surface area contributed by atoms with Crippen LogP contribution in [0.2, 0.25) is 0 Å². The number of carbonyl (C=O) groups is 1. The Bertz CT molecular complexity index is 778. The number of fused-ring (bicyclic) bond motifs is 1. The van der Waals surface area contributed by atoms with Crippen LogP contribution in [0.4, 0.5) is 4.39 Å². The van der Waals surface area contributed by atoms with Crippen molar-refractivity contribution in [3.63, 3.8) is 0 Å². The Balaban J connectivity index is 2.01. The van der Waals surface area contributed by atoms with E-state index in [4.69, 9.17) is 0 Å². The van der Waals surface area contributed by atoms with Gasteiger partial charge in [-0.1, -0.05) is 18.2 Å². The van der Waals surface area contributed by atoms with Gasteiger partial charge in [0.2, 0.25) is 5.78 Å². The average molecular weight is 289 g/mol. The molecule has 0 saturated heterocycles. The molecule has 0 atom stereocenters. The number of benzene rings is 1. The molecule has 0 N–H and O–H groups in total. The molecule has 0 bridgehead atoms. The molecule has 0 aliphatic rings. The van der Waals surface area contributed by atoms with Gasteiger partial charge in [0.05, 0.1) is 11.1 Å². The minimum atomic E-state index is -0.295. The zero-order valence-corrected chi connectivity index (χ0v) is 11.7. The highest BCUT2D eigenvalue weighted by Gasteiger charge is 2.17. The first-order valence-corrected chi connectivity index (χ1v) is 7.13. The number of carbonyl (C=O) groups excluding carboxylic acids is 1. The summed E-state index contributed by atoms with van der Waals surface area (Å²) in [5, 5.41) is 8.57. The van der Waals surface area contributed by atoms with Crippen molar-refractivity contribution in [1.29, 1.82) is 0 Å². The predicted octanol–water partition coefficient (Wildman–Crippen LogP) is 3.27. The lowest BCUT2D eigenvalue weighted by Crippen LogP contribution is -2.10. The molecule has 0 aliphatic heterocycles. The van der Waals surface area contributed by atoms with Crippen molar-refractivity contribution in [2.75, 3.05) is 0 Å². The number of ketones is 1. The third-order valence-electron chi connectivity index (χ3n) is 2.99. The summed E-state index contributed by atoms with van der Waals surface area (Å²) in [5.74, 6) is -0.416. The molecule has 0 aliphatic carbocycles. The first kappa shape index (κ1) is 12.9. The molecule has 20 heavy (non-hydrogen) atoms. The Morgan fingerprint density at radius 1 is 1.40 bits per heavy atom. The molecular formula is C14H12FN3OS. The summed E-state index contributed by atoms with van der Waals surface area (Å²) in [6.45, 7) is 2.67. The van der Waals surface area contributed by atoms with E-state index in [1.54, 1.807) is 16.8 Å². The summed E-state index contributed by atoms with van der Waals surface area (Å²) in [6.07, 6.45) is 2.35. The highest BCUT2D eigenvalue weighted by molar-refractivity contribution is 7.21. The summed E-state index contributed by atoms with van der Waals surface area (Å²) in [4.78, 5) is 13.0. The highest BCUT2D eigenvalue weighted by atomic mass is 32.1. The van der Waals surface area contributed by atoms with E-state index in [0.29, 0.717) is 17.1 Å². The molecule has 4 nitrogen and oxygen atoms in total. The van der Waals surface area contributed by atoms with Gasteiger partial charge in [-0.25, -0.2) is 9.07 Å². The fraction of sp³-hybridized carbons (Fsp3) is 0.214. The number of hydrogen-bond acceptors (Lipinski definition) is 4. The second-order valence-corrected chi connectivity index (χ2v) is 5.55. The topological polar surface area (TPSA) is 47.8 Å². The van der Waals surface area contributed by atoms with Crippen molar-refractivity contribution < 1.29 is 9.18 Å². The molecule has 0 radical (unpaired) electrons. The molecule has 0 saturated carbocycles. The van der Waals surface area contributed by atoms with Crippen LogP contribution in [-0.2, 0) is 6.54 Å². The second kappa shape index (κ2) is 5.13. The third kappa shape index (κ3) is 2.22. The number of hydrogen-bond donors (Lipinski definition) is 0. The van der Waals surface area contributed by atoms with Crippen LogP contribution in [0.25, 0.3) is 10.1 Å². The van der Waals surface area contributed by atoms with E-state index >= 15 is 0 Å². The largest absolute Gasteiger partial charge is 0.286 e. The van der Waals surface area contributed by atoms with Crippen molar-refractivity contribution in [3.8, 4) is 0 Å². The van der Waals surface area contributed by atoms with Crippen molar-refractivity contribution >= 4 is 27.2 Å². The van der Waals surface area contributed by atoms with Gasteiger partial charge >= 0.3 is 0 Å². The van der Waals surface area contributed by atoms with E-state index in [0.717, 1.165) is 16.5 Å². The van der Waals surface area contributed by atoms with Crippen molar-refractivity contribution in [1.82, 2.24) is 15.0 Å². The first-order chi connectivity index (χ1) is 9.69. The van der Waals surface area contributed by atoms with Crippen LogP contribution < -0.4 is 0 Å². The molecule has 1 aromatic carbocycles. The van der Waals surface area contributed by atoms with Crippen molar-refractivity contribution in [2.24, 2.45) is 0 Å². The number of rotatable bonds is 4. The third-order valence-corrected chi connectivity index (χ3v) is 4.09. The fourth-order valence-corrected chi connectivity index (χ4v) is 3.09. The van der Waals surface area contributed by atoms with E-state index < -0.39 is 0 Å². The summed E-state index contributed by atoms with van der Waals surface area (Å²) in [6, 6.07) is 6.30. The minimum absolute atomic E-state index is 0.120. The van der Waals surface area contributed by atoms with Gasteiger partial charge in [-0.05, 0) is 30.0 Å². The second-order valence-electron chi connectivity index (χ2n) is 4.46. The van der Waals surface area contributed by atoms with E-state index in [1.165, 1.54) is 29.7 Å². The van der Waals surface area contributed by atoms with Gasteiger partial charge in [0.25, 0.3) is 0 Å². The molecule has 2 heterocycles. The Morgan fingerprint density at radius 3 is 3.05 bits per heavy atom. The first-order valence-electron chi connectivity index (χ1n) is 6.31. The SMILES string of the molecule is CCCn1nncc1C(=O)c1cc2ccc(F)cc2s1. The van der Waals surface area contributed by atoms with Gasteiger partial charge in [-0.2, -0.15) is 0 Å². The smallest absolute Gasteiger partial charge is 0.222 e. The fourth-order valence-electron chi connectivity index (χ4n) is 2.05. The van der Waals surface area contributed by atoms with Gasteiger partial charge < -0.3 is 0 Å².